The van der Waals surface area contributed by atoms with Gasteiger partial charge in [0.05, 0.1) is 10.6 Å². The van der Waals surface area contributed by atoms with E-state index in [1.807, 2.05) is 4.90 Å². The number of nitrogens with zero attached hydrogens (tertiary/aromatic N) is 3. The Labute approximate surface area is 162 Å². The number of likely N-dealkylation sites (tertiary alicyclic amines) is 1. The van der Waals surface area contributed by atoms with Crippen molar-refractivity contribution in [3.8, 4) is 10.8 Å². The second kappa shape index (κ2) is 7.72. The molecule has 140 valence electrons. The van der Waals surface area contributed by atoms with E-state index in [2.05, 4.69) is 30.1 Å². The third kappa shape index (κ3) is 3.83. The minimum atomic E-state index is 0.169. The van der Waals surface area contributed by atoms with Gasteiger partial charge in [-0.25, -0.2) is 0 Å². The first kappa shape index (κ1) is 18.0. The van der Waals surface area contributed by atoms with Crippen LogP contribution < -0.4 is 0 Å². The van der Waals surface area contributed by atoms with Gasteiger partial charge in [0.1, 0.15) is 0 Å². The molecule has 0 unspecified atom stereocenters. The Kier molecular flexibility index (Phi) is 5.36. The maximum Gasteiger partial charge on any atom is 0.277 e. The highest BCUT2D eigenvalue weighted by Gasteiger charge is 2.24. The van der Waals surface area contributed by atoms with Crippen molar-refractivity contribution in [2.24, 2.45) is 5.92 Å². The first-order valence-corrected chi connectivity index (χ1v) is 11.3. The molecule has 1 amide bonds. The Bertz CT molecular complexity index is 786. The zero-order chi connectivity index (χ0) is 18.1. The molecule has 2 aromatic rings. The van der Waals surface area contributed by atoms with Crippen molar-refractivity contribution < 1.29 is 9.21 Å². The summed E-state index contributed by atoms with van der Waals surface area (Å²) in [4.78, 5) is 16.9. The number of hydrogen-bond donors (Lipinski definition) is 0. The predicted molar refractivity (Wildman–Crippen MR) is 105 cm³/mol. The molecule has 2 atom stereocenters. The minimum absolute atomic E-state index is 0.169. The number of aryl methyl sites for hydroxylation is 1. The van der Waals surface area contributed by atoms with Gasteiger partial charge >= 0.3 is 0 Å². The van der Waals surface area contributed by atoms with Gasteiger partial charge in [0, 0.05) is 17.5 Å². The van der Waals surface area contributed by atoms with Crippen LogP contribution in [0.2, 0.25) is 0 Å². The lowest BCUT2D eigenvalue weighted by molar-refractivity contribution is -0.131. The molecule has 1 fully saturated rings. The summed E-state index contributed by atoms with van der Waals surface area (Å²) in [5.74, 6) is 1.87. The Morgan fingerprint density at radius 2 is 2.23 bits per heavy atom. The van der Waals surface area contributed by atoms with Crippen LogP contribution in [0.4, 0.5) is 0 Å². The van der Waals surface area contributed by atoms with Gasteiger partial charge < -0.3 is 9.32 Å². The molecule has 0 saturated carbocycles. The quantitative estimate of drug-likeness (QED) is 0.722. The fraction of sp³-hybridized carbons (Fsp3) is 0.632. The smallest absolute Gasteiger partial charge is 0.277 e. The van der Waals surface area contributed by atoms with Crippen LogP contribution in [0, 0.1) is 5.92 Å². The maximum atomic E-state index is 12.4. The molecule has 0 spiro atoms. The first-order valence-electron chi connectivity index (χ1n) is 9.48. The van der Waals surface area contributed by atoms with E-state index in [1.54, 1.807) is 11.3 Å². The van der Waals surface area contributed by atoms with Crippen LogP contribution in [0.3, 0.4) is 0 Å². The van der Waals surface area contributed by atoms with E-state index in [4.69, 9.17) is 4.42 Å². The molecule has 3 heterocycles. The zero-order valence-corrected chi connectivity index (χ0v) is 17.0. The Balaban J connectivity index is 1.38. The second-order valence-corrected chi connectivity index (χ2v) is 9.56. The number of piperidine rings is 1. The van der Waals surface area contributed by atoms with Crippen LogP contribution in [-0.2, 0) is 17.6 Å². The number of rotatable bonds is 4. The lowest BCUT2D eigenvalue weighted by Crippen LogP contribution is -2.42. The monoisotopic (exact) mass is 391 g/mol. The summed E-state index contributed by atoms with van der Waals surface area (Å²) in [5, 5.41) is 8.82. The van der Waals surface area contributed by atoms with Crippen molar-refractivity contribution in [1.29, 1.82) is 0 Å². The summed E-state index contributed by atoms with van der Waals surface area (Å²) < 4.78 is 5.82. The SMILES string of the molecule is C[C@@H]1CCc2sc(-c3nnc(SCC(=O)N4CCCC[C@H]4C)o3)cc2C1. The summed E-state index contributed by atoms with van der Waals surface area (Å²) >= 11 is 3.12. The third-order valence-electron chi connectivity index (χ3n) is 5.39. The number of thioether (sulfide) groups is 1. The van der Waals surface area contributed by atoms with Crippen molar-refractivity contribution in [2.75, 3.05) is 12.3 Å². The normalized spacial score (nSPS) is 23.1. The van der Waals surface area contributed by atoms with E-state index in [1.165, 1.54) is 35.0 Å². The van der Waals surface area contributed by atoms with Crippen LogP contribution in [0.25, 0.3) is 10.8 Å². The molecule has 1 saturated heterocycles. The molecule has 26 heavy (non-hydrogen) atoms. The average molecular weight is 392 g/mol. The van der Waals surface area contributed by atoms with Gasteiger partial charge in [-0.05, 0) is 63.0 Å². The number of carbonyl (C=O) groups is 1. The van der Waals surface area contributed by atoms with E-state index in [0.717, 1.165) is 43.0 Å². The molecule has 7 heteroatoms. The Morgan fingerprint density at radius 1 is 1.35 bits per heavy atom. The number of carbonyl (C=O) groups excluding carboxylic acids is 1. The highest BCUT2D eigenvalue weighted by Crippen LogP contribution is 2.37. The van der Waals surface area contributed by atoms with Gasteiger partial charge in [-0.3, -0.25) is 4.79 Å². The van der Waals surface area contributed by atoms with Crippen LogP contribution >= 0.6 is 23.1 Å². The standard InChI is InChI=1S/C19H25N3O2S2/c1-12-6-7-15-14(9-12)10-16(26-15)18-20-21-19(24-18)25-11-17(23)22-8-4-3-5-13(22)2/h10,12-13H,3-9,11H2,1-2H3/t12-,13-/m1/s1. The molecular weight excluding hydrogens is 366 g/mol. The van der Waals surface area contributed by atoms with Gasteiger partial charge in [-0.2, -0.15) is 0 Å². The van der Waals surface area contributed by atoms with Crippen molar-refractivity contribution in [1.82, 2.24) is 15.1 Å². The van der Waals surface area contributed by atoms with Crippen molar-refractivity contribution in [3.05, 3.63) is 16.5 Å². The van der Waals surface area contributed by atoms with E-state index in [-0.39, 0.29) is 5.91 Å². The van der Waals surface area contributed by atoms with E-state index in [0.29, 0.717) is 22.9 Å². The molecule has 1 aliphatic carbocycles. The topological polar surface area (TPSA) is 59.2 Å². The summed E-state index contributed by atoms with van der Waals surface area (Å²) in [5.41, 5.74) is 1.44. The highest BCUT2D eigenvalue weighted by atomic mass is 32.2. The molecule has 0 radical (unpaired) electrons. The van der Waals surface area contributed by atoms with Gasteiger partial charge in [0.25, 0.3) is 11.1 Å². The maximum absolute atomic E-state index is 12.4. The molecule has 4 rings (SSSR count). The lowest BCUT2D eigenvalue weighted by atomic mass is 9.90. The Morgan fingerprint density at radius 3 is 3.08 bits per heavy atom. The highest BCUT2D eigenvalue weighted by molar-refractivity contribution is 7.99. The largest absolute Gasteiger partial charge is 0.410 e. The summed E-state index contributed by atoms with van der Waals surface area (Å²) in [6, 6.07) is 2.55. The second-order valence-electron chi connectivity index (χ2n) is 7.50. The molecule has 0 N–H and O–H groups in total. The molecule has 0 bridgehead atoms. The van der Waals surface area contributed by atoms with Gasteiger partial charge in [0.15, 0.2) is 0 Å². The van der Waals surface area contributed by atoms with Crippen LogP contribution in [0.15, 0.2) is 15.7 Å². The van der Waals surface area contributed by atoms with E-state index >= 15 is 0 Å². The van der Waals surface area contributed by atoms with E-state index in [9.17, 15) is 4.79 Å². The molecule has 2 aromatic heterocycles. The average Bonchev–Trinajstić information content (AvgIpc) is 3.26. The number of fused-ring (bicyclic) bond motifs is 1. The molecule has 2 aliphatic rings. The Hall–Kier alpha value is -1.34. The first-order chi connectivity index (χ1) is 12.6. The summed E-state index contributed by atoms with van der Waals surface area (Å²) in [6.07, 6.45) is 6.98. The van der Waals surface area contributed by atoms with Crippen molar-refractivity contribution in [3.63, 3.8) is 0 Å². The number of thiophene rings is 1. The van der Waals surface area contributed by atoms with Crippen molar-refractivity contribution in [2.45, 2.75) is 63.6 Å². The van der Waals surface area contributed by atoms with Crippen LogP contribution in [0.1, 0.15) is 50.0 Å². The van der Waals surface area contributed by atoms with E-state index < -0.39 is 0 Å². The van der Waals surface area contributed by atoms with Gasteiger partial charge in [-0.15, -0.1) is 21.5 Å². The predicted octanol–water partition coefficient (Wildman–Crippen LogP) is 4.42. The minimum Gasteiger partial charge on any atom is -0.410 e. The molecule has 0 aromatic carbocycles. The molecule has 5 nitrogen and oxygen atoms in total. The van der Waals surface area contributed by atoms with Crippen LogP contribution in [-0.4, -0.2) is 39.3 Å². The summed E-state index contributed by atoms with van der Waals surface area (Å²) in [6.45, 7) is 5.31. The van der Waals surface area contributed by atoms with Crippen molar-refractivity contribution >= 4 is 29.0 Å². The number of amides is 1. The number of hydrogen-bond acceptors (Lipinski definition) is 6. The lowest BCUT2D eigenvalue weighted by Gasteiger charge is -2.33. The van der Waals surface area contributed by atoms with Crippen LogP contribution in [0.5, 0.6) is 0 Å². The summed E-state index contributed by atoms with van der Waals surface area (Å²) in [7, 11) is 0. The molecule has 1 aliphatic heterocycles. The van der Waals surface area contributed by atoms with Gasteiger partial charge in [-0.1, -0.05) is 18.7 Å². The fourth-order valence-corrected chi connectivity index (χ4v) is 5.63. The third-order valence-corrected chi connectivity index (χ3v) is 7.42. The van der Waals surface area contributed by atoms with Gasteiger partial charge in [0.2, 0.25) is 5.91 Å². The molecular formula is C19H25N3O2S2. The number of aromatic nitrogens is 2. The zero-order valence-electron chi connectivity index (χ0n) is 15.4. The fourth-order valence-electron chi connectivity index (χ4n) is 3.85.